The minimum atomic E-state index is 0.573. The lowest BCUT2D eigenvalue weighted by atomic mass is 9.89. The molecule has 21 heavy (non-hydrogen) atoms. The number of benzene rings is 1. The first-order chi connectivity index (χ1) is 10.0. The highest BCUT2D eigenvalue weighted by atomic mass is 16.5. The SMILES string of the molecule is COc1ccc(CN[C@H]2C[C@@H](C)N(C)C[C@@H]2C)cc1OC. The first kappa shape index (κ1) is 16.1. The van der Waals surface area contributed by atoms with Gasteiger partial charge in [0.15, 0.2) is 11.5 Å². The van der Waals surface area contributed by atoms with Gasteiger partial charge in [0.2, 0.25) is 0 Å². The van der Waals surface area contributed by atoms with Crippen molar-refractivity contribution in [2.75, 3.05) is 27.8 Å². The second-order valence-electron chi connectivity index (χ2n) is 6.18. The lowest BCUT2D eigenvalue weighted by molar-refractivity contribution is 0.121. The Morgan fingerprint density at radius 2 is 1.90 bits per heavy atom. The molecule has 4 heteroatoms. The molecule has 1 fully saturated rings. The van der Waals surface area contributed by atoms with E-state index >= 15 is 0 Å². The summed E-state index contributed by atoms with van der Waals surface area (Å²) in [7, 11) is 5.55. The van der Waals surface area contributed by atoms with Crippen molar-refractivity contribution in [3.05, 3.63) is 23.8 Å². The summed E-state index contributed by atoms with van der Waals surface area (Å²) in [5.74, 6) is 2.25. The number of piperidine rings is 1. The summed E-state index contributed by atoms with van der Waals surface area (Å²) < 4.78 is 10.6. The third kappa shape index (κ3) is 3.89. The molecule has 2 rings (SSSR count). The summed E-state index contributed by atoms with van der Waals surface area (Å²) in [5, 5.41) is 3.70. The number of hydrogen-bond donors (Lipinski definition) is 1. The number of hydrogen-bond acceptors (Lipinski definition) is 4. The van der Waals surface area contributed by atoms with Crippen LogP contribution in [0.5, 0.6) is 11.5 Å². The molecule has 0 saturated carbocycles. The maximum Gasteiger partial charge on any atom is 0.161 e. The molecule has 0 unspecified atom stereocenters. The molecule has 0 amide bonds. The van der Waals surface area contributed by atoms with Gasteiger partial charge in [0.05, 0.1) is 14.2 Å². The van der Waals surface area contributed by atoms with Crippen LogP contribution in [0.25, 0.3) is 0 Å². The quantitative estimate of drug-likeness (QED) is 0.904. The van der Waals surface area contributed by atoms with Crippen LogP contribution in [0.15, 0.2) is 18.2 Å². The average molecular weight is 292 g/mol. The molecule has 1 aliphatic heterocycles. The summed E-state index contributed by atoms with van der Waals surface area (Å²) in [6.45, 7) is 6.65. The predicted octanol–water partition coefficient (Wildman–Crippen LogP) is 2.52. The molecule has 118 valence electrons. The highest BCUT2D eigenvalue weighted by molar-refractivity contribution is 5.42. The van der Waals surface area contributed by atoms with Gasteiger partial charge in [-0.05, 0) is 44.0 Å². The minimum absolute atomic E-state index is 0.573. The van der Waals surface area contributed by atoms with E-state index in [1.54, 1.807) is 14.2 Å². The van der Waals surface area contributed by atoms with E-state index in [1.807, 2.05) is 6.07 Å². The van der Waals surface area contributed by atoms with Crippen molar-refractivity contribution < 1.29 is 9.47 Å². The predicted molar refractivity (Wildman–Crippen MR) is 86.0 cm³/mol. The van der Waals surface area contributed by atoms with Crippen LogP contribution in [0.4, 0.5) is 0 Å². The molecule has 4 nitrogen and oxygen atoms in total. The number of nitrogens with one attached hydrogen (secondary N) is 1. The fourth-order valence-corrected chi connectivity index (χ4v) is 3.07. The molecule has 1 saturated heterocycles. The zero-order valence-electron chi connectivity index (χ0n) is 13.8. The molecular formula is C17H28N2O2. The van der Waals surface area contributed by atoms with E-state index in [9.17, 15) is 0 Å². The van der Waals surface area contributed by atoms with E-state index in [2.05, 4.69) is 43.2 Å². The van der Waals surface area contributed by atoms with Crippen molar-refractivity contribution in [2.45, 2.75) is 38.9 Å². The Hall–Kier alpha value is -1.26. The van der Waals surface area contributed by atoms with Crippen LogP contribution < -0.4 is 14.8 Å². The number of likely N-dealkylation sites (tertiary alicyclic amines) is 1. The van der Waals surface area contributed by atoms with Gasteiger partial charge in [-0.15, -0.1) is 0 Å². The van der Waals surface area contributed by atoms with Gasteiger partial charge in [0, 0.05) is 25.2 Å². The van der Waals surface area contributed by atoms with E-state index in [-0.39, 0.29) is 0 Å². The maximum atomic E-state index is 5.36. The Morgan fingerprint density at radius 3 is 2.57 bits per heavy atom. The van der Waals surface area contributed by atoms with E-state index in [1.165, 1.54) is 12.0 Å². The zero-order chi connectivity index (χ0) is 15.4. The van der Waals surface area contributed by atoms with Crippen molar-refractivity contribution in [3.8, 4) is 11.5 Å². The summed E-state index contributed by atoms with van der Waals surface area (Å²) in [6.07, 6.45) is 1.20. The third-order valence-electron chi connectivity index (χ3n) is 4.63. The summed E-state index contributed by atoms with van der Waals surface area (Å²) >= 11 is 0. The minimum Gasteiger partial charge on any atom is -0.493 e. The molecule has 1 aliphatic rings. The van der Waals surface area contributed by atoms with Gasteiger partial charge in [0.25, 0.3) is 0 Å². The maximum absolute atomic E-state index is 5.36. The van der Waals surface area contributed by atoms with Gasteiger partial charge >= 0.3 is 0 Å². The van der Waals surface area contributed by atoms with Gasteiger partial charge in [-0.2, -0.15) is 0 Å². The third-order valence-corrected chi connectivity index (χ3v) is 4.63. The molecule has 0 bridgehead atoms. The Kier molecular flexibility index (Phi) is 5.48. The highest BCUT2D eigenvalue weighted by Crippen LogP contribution is 2.28. The van der Waals surface area contributed by atoms with Crippen molar-refractivity contribution in [1.82, 2.24) is 10.2 Å². The topological polar surface area (TPSA) is 33.7 Å². The normalized spacial score (nSPS) is 26.6. The van der Waals surface area contributed by atoms with Gasteiger partial charge in [-0.1, -0.05) is 13.0 Å². The number of ether oxygens (including phenoxy) is 2. The van der Waals surface area contributed by atoms with E-state index in [4.69, 9.17) is 9.47 Å². The molecule has 0 aliphatic carbocycles. The molecule has 0 aromatic heterocycles. The van der Waals surface area contributed by atoms with Crippen LogP contribution >= 0.6 is 0 Å². The number of rotatable bonds is 5. The largest absolute Gasteiger partial charge is 0.493 e. The standard InChI is InChI=1S/C17H28N2O2/c1-12-11-19(3)13(2)8-15(12)18-10-14-6-7-16(20-4)17(9-14)21-5/h6-7,9,12-13,15,18H,8,10-11H2,1-5H3/t12-,13+,15-/m0/s1. The summed E-state index contributed by atoms with van der Waals surface area (Å²) in [4.78, 5) is 2.44. The van der Waals surface area contributed by atoms with Crippen LogP contribution in [-0.2, 0) is 6.54 Å². The molecule has 1 N–H and O–H groups in total. The lowest BCUT2D eigenvalue weighted by Crippen LogP contribution is -2.50. The number of methoxy groups -OCH3 is 2. The van der Waals surface area contributed by atoms with Crippen molar-refractivity contribution in [1.29, 1.82) is 0 Å². The van der Waals surface area contributed by atoms with Crippen LogP contribution in [0.3, 0.4) is 0 Å². The molecule has 0 radical (unpaired) electrons. The number of nitrogens with zero attached hydrogens (tertiary/aromatic N) is 1. The van der Waals surface area contributed by atoms with E-state index in [0.717, 1.165) is 24.6 Å². The fourth-order valence-electron chi connectivity index (χ4n) is 3.07. The van der Waals surface area contributed by atoms with Crippen LogP contribution in [0.2, 0.25) is 0 Å². The Balaban J connectivity index is 1.96. The molecular weight excluding hydrogens is 264 g/mol. The van der Waals surface area contributed by atoms with Gasteiger partial charge in [-0.25, -0.2) is 0 Å². The Morgan fingerprint density at radius 1 is 1.19 bits per heavy atom. The summed E-state index contributed by atoms with van der Waals surface area (Å²) in [6, 6.07) is 7.33. The molecule has 1 aromatic rings. The van der Waals surface area contributed by atoms with Crippen LogP contribution in [0.1, 0.15) is 25.8 Å². The van der Waals surface area contributed by atoms with Gasteiger partial charge in [-0.3, -0.25) is 0 Å². The molecule has 3 atom stereocenters. The zero-order valence-corrected chi connectivity index (χ0v) is 13.8. The van der Waals surface area contributed by atoms with Crippen LogP contribution in [0, 0.1) is 5.92 Å². The highest BCUT2D eigenvalue weighted by Gasteiger charge is 2.28. The van der Waals surface area contributed by atoms with Crippen molar-refractivity contribution >= 4 is 0 Å². The van der Waals surface area contributed by atoms with Crippen molar-refractivity contribution in [2.24, 2.45) is 5.92 Å². The smallest absolute Gasteiger partial charge is 0.161 e. The van der Waals surface area contributed by atoms with Crippen LogP contribution in [-0.4, -0.2) is 44.8 Å². The summed E-state index contributed by atoms with van der Waals surface area (Å²) in [5.41, 5.74) is 1.23. The first-order valence-electron chi connectivity index (χ1n) is 7.69. The second-order valence-corrected chi connectivity index (χ2v) is 6.18. The van der Waals surface area contributed by atoms with E-state index in [0.29, 0.717) is 18.0 Å². The van der Waals surface area contributed by atoms with Gasteiger partial charge < -0.3 is 19.7 Å². The first-order valence-corrected chi connectivity index (χ1v) is 7.69. The average Bonchev–Trinajstić information content (AvgIpc) is 2.49. The Bertz CT molecular complexity index is 464. The van der Waals surface area contributed by atoms with Crippen molar-refractivity contribution in [3.63, 3.8) is 0 Å². The Labute approximate surface area is 128 Å². The van der Waals surface area contributed by atoms with E-state index < -0.39 is 0 Å². The van der Waals surface area contributed by atoms with Gasteiger partial charge in [0.1, 0.15) is 0 Å². The fraction of sp³-hybridized carbons (Fsp3) is 0.647. The molecule has 1 aromatic carbocycles. The molecule has 0 spiro atoms. The lowest BCUT2D eigenvalue weighted by Gasteiger charge is -2.40. The monoisotopic (exact) mass is 292 g/mol. The molecule has 1 heterocycles. The second kappa shape index (κ2) is 7.14.